The van der Waals surface area contributed by atoms with Gasteiger partial charge >= 0.3 is 0 Å². The van der Waals surface area contributed by atoms with Crippen molar-refractivity contribution in [2.75, 3.05) is 6.61 Å². The predicted molar refractivity (Wildman–Crippen MR) is 120 cm³/mol. The molecule has 0 aliphatic carbocycles. The number of unbranched alkanes of at least 4 members (excludes halogenated alkanes) is 1. The van der Waals surface area contributed by atoms with Crippen molar-refractivity contribution in [2.45, 2.75) is 39.5 Å². The molecule has 0 fully saturated rings. The first-order chi connectivity index (χ1) is 13.5. The summed E-state index contributed by atoms with van der Waals surface area (Å²) in [5.41, 5.74) is 2.84. The lowest BCUT2D eigenvalue weighted by atomic mass is 10.2. The predicted octanol–water partition coefficient (Wildman–Crippen LogP) is 7.82. The van der Waals surface area contributed by atoms with Gasteiger partial charge in [-0.15, -0.1) is 11.3 Å². The van der Waals surface area contributed by atoms with E-state index >= 15 is 0 Å². The zero-order chi connectivity index (χ0) is 19.8. The first kappa shape index (κ1) is 19.7. The third-order valence-corrected chi connectivity index (χ3v) is 6.86. The number of halogens is 2. The molecular weight excluding hydrogens is 460 g/mol. The van der Waals surface area contributed by atoms with Gasteiger partial charge in [0, 0.05) is 12.1 Å². The number of rotatable bonds is 6. The fraction of sp³-hybridized carbons (Fsp3) is 0.333. The third kappa shape index (κ3) is 3.53. The summed E-state index contributed by atoms with van der Waals surface area (Å²) >= 11 is 11.9. The molecule has 4 rings (SSSR count). The van der Waals surface area contributed by atoms with Crippen LogP contribution in [0.4, 0.5) is 0 Å². The van der Waals surface area contributed by atoms with Crippen molar-refractivity contribution in [3.63, 3.8) is 0 Å². The van der Waals surface area contributed by atoms with Crippen LogP contribution < -0.4 is 4.74 Å². The summed E-state index contributed by atoms with van der Waals surface area (Å²) in [4.78, 5) is 10.4. The van der Waals surface area contributed by atoms with Gasteiger partial charge in [0.15, 0.2) is 5.58 Å². The van der Waals surface area contributed by atoms with E-state index in [0.717, 1.165) is 55.1 Å². The van der Waals surface area contributed by atoms with Crippen LogP contribution in [0.5, 0.6) is 5.75 Å². The molecule has 0 saturated heterocycles. The second-order valence-electron chi connectivity index (χ2n) is 6.94. The minimum absolute atomic E-state index is 0.379. The maximum atomic E-state index is 6.55. The zero-order valence-corrected chi connectivity index (χ0v) is 19.0. The number of pyridine rings is 1. The maximum absolute atomic E-state index is 6.55. The van der Waals surface area contributed by atoms with E-state index in [0.29, 0.717) is 23.1 Å². The molecule has 0 radical (unpaired) electrons. The Morgan fingerprint density at radius 2 is 2.14 bits per heavy atom. The Morgan fingerprint density at radius 3 is 2.86 bits per heavy atom. The summed E-state index contributed by atoms with van der Waals surface area (Å²) in [6.45, 7) is 7.08. The van der Waals surface area contributed by atoms with E-state index in [1.165, 1.54) is 0 Å². The highest BCUT2D eigenvalue weighted by Gasteiger charge is 2.19. The maximum Gasteiger partial charge on any atom is 0.172 e. The first-order valence-electron chi connectivity index (χ1n) is 9.29. The van der Waals surface area contributed by atoms with Crippen LogP contribution in [-0.4, -0.2) is 16.6 Å². The second kappa shape index (κ2) is 8.01. The van der Waals surface area contributed by atoms with E-state index in [1.807, 2.05) is 24.4 Å². The molecule has 0 saturated carbocycles. The number of fused-ring (bicyclic) bond motifs is 3. The summed E-state index contributed by atoms with van der Waals surface area (Å²) < 4.78 is 12.7. The third-order valence-electron chi connectivity index (χ3n) is 4.47. The molecule has 0 unspecified atom stereocenters. The lowest BCUT2D eigenvalue weighted by Gasteiger charge is -2.08. The number of hydrogen-bond acceptors (Lipinski definition) is 5. The monoisotopic (exact) mass is 478 g/mol. The molecule has 3 aromatic heterocycles. The Hall–Kier alpha value is -1.63. The van der Waals surface area contributed by atoms with Crippen molar-refractivity contribution in [1.82, 2.24) is 9.97 Å². The quantitative estimate of drug-likeness (QED) is 0.264. The highest BCUT2D eigenvalue weighted by Crippen LogP contribution is 2.42. The Labute approximate surface area is 181 Å². The van der Waals surface area contributed by atoms with E-state index in [-0.39, 0.29) is 0 Å². The Morgan fingerprint density at radius 1 is 1.32 bits per heavy atom. The molecule has 0 N–H and O–H groups in total. The zero-order valence-electron chi connectivity index (χ0n) is 15.9. The van der Waals surface area contributed by atoms with Gasteiger partial charge in [0.1, 0.15) is 16.8 Å². The second-order valence-corrected chi connectivity index (χ2v) is 9.20. The van der Waals surface area contributed by atoms with E-state index in [9.17, 15) is 0 Å². The summed E-state index contributed by atoms with van der Waals surface area (Å²) in [6, 6.07) is 5.66. The number of ether oxygens (including phenoxy) is 1. The molecule has 7 heteroatoms. The normalized spacial score (nSPS) is 11.8. The fourth-order valence-corrected chi connectivity index (χ4v) is 4.70. The van der Waals surface area contributed by atoms with Gasteiger partial charge < -0.3 is 9.15 Å². The average molecular weight is 480 g/mol. The topological polar surface area (TPSA) is 48.2 Å². The highest BCUT2D eigenvalue weighted by molar-refractivity contribution is 9.10. The molecule has 1 aromatic carbocycles. The molecule has 0 bridgehead atoms. The molecule has 0 spiro atoms. The standard InChI is InChI=1S/C21H20BrClN2O2S/c1-4-5-8-26-15-7-6-14-17(18(15)22)19-20(27-14)12(23)9-13(25-19)16-10-24-21(28-16)11(2)3/h6-7,9-11H,4-5,8H2,1-3H3. The van der Waals surface area contributed by atoms with Crippen LogP contribution in [-0.2, 0) is 0 Å². The molecule has 4 aromatic rings. The van der Waals surface area contributed by atoms with Crippen molar-refractivity contribution < 1.29 is 9.15 Å². The molecule has 0 aliphatic heterocycles. The highest BCUT2D eigenvalue weighted by atomic mass is 79.9. The minimum atomic E-state index is 0.379. The lowest BCUT2D eigenvalue weighted by Crippen LogP contribution is -1.97. The Kier molecular flexibility index (Phi) is 5.63. The molecule has 4 nitrogen and oxygen atoms in total. The van der Waals surface area contributed by atoms with Crippen LogP contribution >= 0.6 is 38.9 Å². The molecule has 0 amide bonds. The van der Waals surface area contributed by atoms with Crippen LogP contribution in [0.25, 0.3) is 32.6 Å². The van der Waals surface area contributed by atoms with Crippen LogP contribution in [0.2, 0.25) is 5.02 Å². The molecule has 146 valence electrons. The number of nitrogens with zero attached hydrogens (tertiary/aromatic N) is 2. The molecule has 28 heavy (non-hydrogen) atoms. The summed E-state index contributed by atoms with van der Waals surface area (Å²) in [5.74, 6) is 1.16. The number of furan rings is 1. The summed E-state index contributed by atoms with van der Waals surface area (Å²) in [5, 5.41) is 2.50. The van der Waals surface area contributed by atoms with Crippen molar-refractivity contribution in [2.24, 2.45) is 0 Å². The van der Waals surface area contributed by atoms with Gasteiger partial charge in [0.2, 0.25) is 0 Å². The van der Waals surface area contributed by atoms with E-state index < -0.39 is 0 Å². The van der Waals surface area contributed by atoms with Gasteiger partial charge in [-0.05, 0) is 40.5 Å². The van der Waals surface area contributed by atoms with Gasteiger partial charge in [-0.2, -0.15) is 0 Å². The molecule has 3 heterocycles. The van der Waals surface area contributed by atoms with Crippen molar-refractivity contribution >= 4 is 60.9 Å². The largest absolute Gasteiger partial charge is 0.492 e. The van der Waals surface area contributed by atoms with Crippen LogP contribution in [0, 0.1) is 0 Å². The van der Waals surface area contributed by atoms with E-state index in [1.54, 1.807) is 11.3 Å². The molecular formula is C21H20BrClN2O2S. The van der Waals surface area contributed by atoms with Crippen LogP contribution in [0.15, 0.2) is 33.3 Å². The van der Waals surface area contributed by atoms with E-state index in [4.69, 9.17) is 25.7 Å². The molecule has 0 atom stereocenters. The number of hydrogen-bond donors (Lipinski definition) is 0. The van der Waals surface area contributed by atoms with Gasteiger partial charge in [-0.3, -0.25) is 0 Å². The van der Waals surface area contributed by atoms with Gasteiger partial charge in [-0.1, -0.05) is 38.8 Å². The van der Waals surface area contributed by atoms with Crippen molar-refractivity contribution in [3.05, 3.63) is 38.9 Å². The SMILES string of the molecule is CCCCOc1ccc2oc3c(Cl)cc(-c4cnc(C(C)C)s4)nc3c2c1Br. The fourth-order valence-electron chi connectivity index (χ4n) is 2.96. The van der Waals surface area contributed by atoms with Gasteiger partial charge in [-0.25, -0.2) is 9.97 Å². The number of thiazole rings is 1. The summed E-state index contributed by atoms with van der Waals surface area (Å²) in [6.07, 6.45) is 3.96. The van der Waals surface area contributed by atoms with Crippen molar-refractivity contribution in [1.29, 1.82) is 0 Å². The average Bonchev–Trinajstić information content (AvgIpc) is 3.29. The Balaban J connectivity index is 1.86. The first-order valence-corrected chi connectivity index (χ1v) is 11.3. The summed E-state index contributed by atoms with van der Waals surface area (Å²) in [7, 11) is 0. The number of benzene rings is 1. The van der Waals surface area contributed by atoms with Gasteiger partial charge in [0.25, 0.3) is 0 Å². The van der Waals surface area contributed by atoms with E-state index in [2.05, 4.69) is 41.7 Å². The molecule has 0 aliphatic rings. The lowest BCUT2D eigenvalue weighted by molar-refractivity contribution is 0.308. The van der Waals surface area contributed by atoms with Gasteiger partial charge in [0.05, 0.1) is 37.1 Å². The minimum Gasteiger partial charge on any atom is -0.492 e. The van der Waals surface area contributed by atoms with Crippen LogP contribution in [0.3, 0.4) is 0 Å². The number of aromatic nitrogens is 2. The smallest absolute Gasteiger partial charge is 0.172 e. The van der Waals surface area contributed by atoms with Crippen LogP contribution in [0.1, 0.15) is 44.5 Å². The van der Waals surface area contributed by atoms with Crippen molar-refractivity contribution in [3.8, 4) is 16.3 Å². The Bertz CT molecular complexity index is 1150.